The average Bonchev–Trinajstić information content (AvgIpc) is 2.68. The molecular formula is C26H50O3. The van der Waals surface area contributed by atoms with Crippen LogP contribution in [-0.4, -0.2) is 34.6 Å². The van der Waals surface area contributed by atoms with E-state index in [0.29, 0.717) is 23.7 Å². The van der Waals surface area contributed by atoms with Crippen LogP contribution in [-0.2, 0) is 4.74 Å². The van der Waals surface area contributed by atoms with Gasteiger partial charge < -0.3 is 14.9 Å². The van der Waals surface area contributed by atoms with Gasteiger partial charge >= 0.3 is 0 Å². The first-order valence-electron chi connectivity index (χ1n) is 12.4. The SMILES string of the molecule is CCCCC(C)(O)CCCC(C)CCCC(CO)OC1C(CC)C=CC(C)C1C. The molecule has 0 aliphatic heterocycles. The molecule has 0 amide bonds. The summed E-state index contributed by atoms with van der Waals surface area (Å²) in [5.74, 6) is 2.17. The first-order valence-corrected chi connectivity index (χ1v) is 12.4. The number of allylic oxidation sites excluding steroid dienone is 1. The second kappa shape index (κ2) is 13.8. The van der Waals surface area contributed by atoms with E-state index in [4.69, 9.17) is 4.74 Å². The van der Waals surface area contributed by atoms with E-state index in [1.54, 1.807) is 0 Å². The van der Waals surface area contributed by atoms with Crippen molar-refractivity contribution in [3.05, 3.63) is 12.2 Å². The first kappa shape index (κ1) is 26.7. The van der Waals surface area contributed by atoms with Gasteiger partial charge in [-0.3, -0.25) is 0 Å². The van der Waals surface area contributed by atoms with Crippen molar-refractivity contribution in [1.82, 2.24) is 0 Å². The van der Waals surface area contributed by atoms with Gasteiger partial charge in [-0.15, -0.1) is 0 Å². The molecule has 0 saturated heterocycles. The van der Waals surface area contributed by atoms with Crippen molar-refractivity contribution in [3.63, 3.8) is 0 Å². The summed E-state index contributed by atoms with van der Waals surface area (Å²) in [4.78, 5) is 0. The summed E-state index contributed by atoms with van der Waals surface area (Å²) >= 11 is 0. The van der Waals surface area contributed by atoms with E-state index in [1.807, 2.05) is 6.92 Å². The van der Waals surface area contributed by atoms with Gasteiger partial charge in [0, 0.05) is 5.92 Å². The molecule has 0 aromatic carbocycles. The minimum atomic E-state index is -0.496. The van der Waals surface area contributed by atoms with E-state index in [1.165, 1.54) is 12.8 Å². The molecule has 2 N–H and O–H groups in total. The molecule has 0 aromatic rings. The molecule has 1 aliphatic rings. The Morgan fingerprint density at radius 3 is 2.28 bits per heavy atom. The monoisotopic (exact) mass is 410 g/mol. The van der Waals surface area contributed by atoms with Gasteiger partial charge in [0.05, 0.1) is 24.4 Å². The molecule has 0 saturated carbocycles. The van der Waals surface area contributed by atoms with Crippen LogP contribution in [0.1, 0.15) is 106 Å². The second-order valence-corrected chi connectivity index (χ2v) is 10.1. The Morgan fingerprint density at radius 1 is 1.00 bits per heavy atom. The van der Waals surface area contributed by atoms with Crippen LogP contribution in [0.2, 0.25) is 0 Å². The molecule has 3 heteroatoms. The lowest BCUT2D eigenvalue weighted by molar-refractivity contribution is -0.0926. The van der Waals surface area contributed by atoms with Gasteiger partial charge in [0.1, 0.15) is 0 Å². The van der Waals surface area contributed by atoms with Crippen molar-refractivity contribution in [2.45, 2.75) is 124 Å². The van der Waals surface area contributed by atoms with E-state index in [0.717, 1.165) is 51.4 Å². The van der Waals surface area contributed by atoms with Crippen molar-refractivity contribution in [3.8, 4) is 0 Å². The van der Waals surface area contributed by atoms with Crippen molar-refractivity contribution in [2.24, 2.45) is 23.7 Å². The highest BCUT2D eigenvalue weighted by molar-refractivity contribution is 5.03. The van der Waals surface area contributed by atoms with E-state index in [-0.39, 0.29) is 18.8 Å². The summed E-state index contributed by atoms with van der Waals surface area (Å²) in [6, 6.07) is 0. The van der Waals surface area contributed by atoms with Gasteiger partial charge in [-0.1, -0.05) is 85.3 Å². The zero-order valence-corrected chi connectivity index (χ0v) is 20.2. The maximum absolute atomic E-state index is 10.4. The number of unbranched alkanes of at least 4 members (excludes halogenated alkanes) is 1. The molecule has 3 nitrogen and oxygen atoms in total. The lowest BCUT2D eigenvalue weighted by Gasteiger charge is -2.38. The van der Waals surface area contributed by atoms with E-state index < -0.39 is 5.60 Å². The highest BCUT2D eigenvalue weighted by atomic mass is 16.5. The van der Waals surface area contributed by atoms with Gasteiger partial charge in [0.25, 0.3) is 0 Å². The lowest BCUT2D eigenvalue weighted by atomic mass is 9.77. The summed E-state index contributed by atoms with van der Waals surface area (Å²) in [7, 11) is 0. The van der Waals surface area contributed by atoms with Crippen LogP contribution >= 0.6 is 0 Å². The molecule has 0 fully saturated rings. The Balaban J connectivity index is 2.33. The van der Waals surface area contributed by atoms with Gasteiger partial charge in [0.15, 0.2) is 0 Å². The van der Waals surface area contributed by atoms with E-state index in [2.05, 4.69) is 46.8 Å². The largest absolute Gasteiger partial charge is 0.394 e. The van der Waals surface area contributed by atoms with Crippen LogP contribution in [0.25, 0.3) is 0 Å². The second-order valence-electron chi connectivity index (χ2n) is 10.1. The van der Waals surface area contributed by atoms with Gasteiger partial charge in [-0.2, -0.15) is 0 Å². The van der Waals surface area contributed by atoms with Gasteiger partial charge in [-0.05, 0) is 50.4 Å². The summed E-state index contributed by atoms with van der Waals surface area (Å²) in [6.07, 6.45) is 15.5. The predicted molar refractivity (Wildman–Crippen MR) is 124 cm³/mol. The normalized spacial score (nSPS) is 28.8. The van der Waals surface area contributed by atoms with Crippen molar-refractivity contribution in [1.29, 1.82) is 0 Å². The molecule has 172 valence electrons. The first-order chi connectivity index (χ1) is 13.7. The fourth-order valence-corrected chi connectivity index (χ4v) is 4.66. The van der Waals surface area contributed by atoms with Crippen molar-refractivity contribution in [2.75, 3.05) is 6.61 Å². The van der Waals surface area contributed by atoms with Crippen LogP contribution in [0.4, 0.5) is 0 Å². The highest BCUT2D eigenvalue weighted by Crippen LogP contribution is 2.34. The maximum atomic E-state index is 10.4. The Labute approximate surface area is 181 Å². The molecular weight excluding hydrogens is 360 g/mol. The van der Waals surface area contributed by atoms with Gasteiger partial charge in [0.2, 0.25) is 0 Å². The number of hydrogen-bond donors (Lipinski definition) is 2. The zero-order valence-electron chi connectivity index (χ0n) is 20.2. The average molecular weight is 411 g/mol. The van der Waals surface area contributed by atoms with E-state index >= 15 is 0 Å². The fourth-order valence-electron chi connectivity index (χ4n) is 4.66. The molecule has 7 unspecified atom stereocenters. The molecule has 0 heterocycles. The standard InChI is InChI=1S/C26H50O3/c1-7-9-17-26(6,28)18-11-13-20(3)12-10-14-24(19-27)29-25-22(5)21(4)15-16-23(25)8-2/h15-16,20-25,27-28H,7-14,17-19H2,1-6H3. The molecule has 0 spiro atoms. The third-order valence-electron chi connectivity index (χ3n) is 7.16. The van der Waals surface area contributed by atoms with Crippen LogP contribution in [0.3, 0.4) is 0 Å². The number of rotatable bonds is 15. The highest BCUT2D eigenvalue weighted by Gasteiger charge is 2.33. The van der Waals surface area contributed by atoms with Crippen molar-refractivity contribution < 1.29 is 14.9 Å². The molecule has 0 radical (unpaired) electrons. The summed E-state index contributed by atoms with van der Waals surface area (Å²) in [6.45, 7) is 13.4. The van der Waals surface area contributed by atoms with Gasteiger partial charge in [-0.25, -0.2) is 0 Å². The Morgan fingerprint density at radius 2 is 1.66 bits per heavy atom. The van der Waals surface area contributed by atoms with Crippen LogP contribution < -0.4 is 0 Å². The predicted octanol–water partition coefficient (Wildman–Crippen LogP) is 6.52. The molecule has 7 atom stereocenters. The zero-order chi connectivity index (χ0) is 21.9. The van der Waals surface area contributed by atoms with E-state index in [9.17, 15) is 10.2 Å². The van der Waals surface area contributed by atoms with Crippen LogP contribution in [0, 0.1) is 23.7 Å². The molecule has 29 heavy (non-hydrogen) atoms. The van der Waals surface area contributed by atoms with Crippen LogP contribution in [0.15, 0.2) is 12.2 Å². The smallest absolute Gasteiger partial charge is 0.0809 e. The third kappa shape index (κ3) is 9.98. The Kier molecular flexibility index (Phi) is 12.7. The Hall–Kier alpha value is -0.380. The van der Waals surface area contributed by atoms with Crippen LogP contribution in [0.5, 0.6) is 0 Å². The number of aliphatic hydroxyl groups excluding tert-OH is 1. The summed E-state index contributed by atoms with van der Waals surface area (Å²) in [5, 5.41) is 20.3. The maximum Gasteiger partial charge on any atom is 0.0809 e. The topological polar surface area (TPSA) is 49.7 Å². The minimum Gasteiger partial charge on any atom is -0.394 e. The summed E-state index contributed by atoms with van der Waals surface area (Å²) in [5.41, 5.74) is -0.496. The summed E-state index contributed by atoms with van der Waals surface area (Å²) < 4.78 is 6.44. The number of aliphatic hydroxyl groups is 2. The molecule has 0 bridgehead atoms. The number of hydrogen-bond acceptors (Lipinski definition) is 3. The molecule has 0 aromatic heterocycles. The third-order valence-corrected chi connectivity index (χ3v) is 7.16. The number of ether oxygens (including phenoxy) is 1. The molecule has 1 rings (SSSR count). The van der Waals surface area contributed by atoms with Crippen molar-refractivity contribution >= 4 is 0 Å². The fraction of sp³-hybridized carbons (Fsp3) is 0.923. The lowest BCUT2D eigenvalue weighted by Crippen LogP contribution is -2.39. The minimum absolute atomic E-state index is 0.0443. The quantitative estimate of drug-likeness (QED) is 0.302. The molecule has 1 aliphatic carbocycles. The Bertz CT molecular complexity index is 445.